The molecule has 0 saturated carbocycles. The maximum absolute atomic E-state index is 13.3. The fourth-order valence-electron chi connectivity index (χ4n) is 2.96. The van der Waals surface area contributed by atoms with E-state index in [0.29, 0.717) is 5.56 Å². The number of hydrogen-bond donors (Lipinski definition) is 1. The first kappa shape index (κ1) is 16.2. The monoisotopic (exact) mass is 327 g/mol. The van der Waals surface area contributed by atoms with Gasteiger partial charge in [0.15, 0.2) is 0 Å². The summed E-state index contributed by atoms with van der Waals surface area (Å²) in [5.74, 6) is -1.27. The van der Waals surface area contributed by atoms with Crippen LogP contribution in [0.15, 0.2) is 48.7 Å². The van der Waals surface area contributed by atoms with E-state index in [9.17, 15) is 14.3 Å². The molecular formula is C19H18FNO3. The van der Waals surface area contributed by atoms with E-state index >= 15 is 0 Å². The minimum atomic E-state index is -0.963. The first-order valence-electron chi connectivity index (χ1n) is 7.67. The van der Waals surface area contributed by atoms with Crippen LogP contribution in [0.1, 0.15) is 40.2 Å². The van der Waals surface area contributed by atoms with Crippen molar-refractivity contribution < 1.29 is 19.0 Å². The molecule has 0 saturated heterocycles. The van der Waals surface area contributed by atoms with Gasteiger partial charge in [0.2, 0.25) is 0 Å². The van der Waals surface area contributed by atoms with E-state index in [1.807, 2.05) is 29.7 Å². The predicted octanol–water partition coefficient (Wildman–Crippen LogP) is 4.36. The molecule has 5 heteroatoms. The van der Waals surface area contributed by atoms with Crippen LogP contribution >= 0.6 is 0 Å². The van der Waals surface area contributed by atoms with Gasteiger partial charge >= 0.3 is 5.97 Å². The second kappa shape index (κ2) is 6.45. The molecule has 2 heterocycles. The summed E-state index contributed by atoms with van der Waals surface area (Å²) < 4.78 is 21.1. The quantitative estimate of drug-likeness (QED) is 0.757. The van der Waals surface area contributed by atoms with Gasteiger partial charge in [0.25, 0.3) is 0 Å². The molecule has 4 nitrogen and oxygen atoms in total. The maximum Gasteiger partial charge on any atom is 0.336 e. The fourth-order valence-corrected chi connectivity index (χ4v) is 2.96. The number of benzene rings is 1. The molecule has 0 aliphatic heterocycles. The van der Waals surface area contributed by atoms with Gasteiger partial charge in [-0.25, -0.2) is 9.18 Å². The Morgan fingerprint density at radius 1 is 1.29 bits per heavy atom. The third-order valence-electron chi connectivity index (χ3n) is 4.12. The Bertz CT molecular complexity index is 901. The number of fused-ring (bicyclic) bond motifs is 1. The van der Waals surface area contributed by atoms with Gasteiger partial charge in [0, 0.05) is 11.7 Å². The zero-order valence-electron chi connectivity index (χ0n) is 13.5. The van der Waals surface area contributed by atoms with Crippen molar-refractivity contribution in [3.8, 4) is 0 Å². The van der Waals surface area contributed by atoms with Gasteiger partial charge in [0.1, 0.15) is 5.82 Å². The zero-order chi connectivity index (χ0) is 17.3. The number of aromatic carboxylic acids is 1. The van der Waals surface area contributed by atoms with E-state index in [1.54, 1.807) is 25.1 Å². The van der Waals surface area contributed by atoms with Gasteiger partial charge in [-0.15, -0.1) is 0 Å². The average molecular weight is 327 g/mol. The summed E-state index contributed by atoms with van der Waals surface area (Å²) in [7, 11) is 0. The predicted molar refractivity (Wildman–Crippen MR) is 88.7 cm³/mol. The van der Waals surface area contributed by atoms with E-state index in [-0.39, 0.29) is 24.1 Å². The van der Waals surface area contributed by atoms with Crippen molar-refractivity contribution >= 4 is 11.5 Å². The standard InChI is InChI=1S/C19H18FNO3/c1-12-17(19(22)23)10-16-7-4-8-21(16)18(12)13(2)24-11-14-5-3-6-15(20)9-14/h3-10,13H,11H2,1-2H3,(H,22,23). The Morgan fingerprint density at radius 3 is 2.79 bits per heavy atom. The Labute approximate surface area is 139 Å². The zero-order valence-corrected chi connectivity index (χ0v) is 13.5. The molecule has 124 valence electrons. The number of carbonyl (C=O) groups is 1. The molecule has 0 spiro atoms. The Kier molecular flexibility index (Phi) is 4.36. The lowest BCUT2D eigenvalue weighted by Gasteiger charge is -2.20. The topological polar surface area (TPSA) is 50.9 Å². The van der Waals surface area contributed by atoms with Crippen LogP contribution in [0.2, 0.25) is 0 Å². The highest BCUT2D eigenvalue weighted by Crippen LogP contribution is 2.27. The number of carboxylic acids is 1. The van der Waals surface area contributed by atoms with Gasteiger partial charge in [-0.05, 0) is 55.3 Å². The minimum Gasteiger partial charge on any atom is -0.478 e. The molecular weight excluding hydrogens is 309 g/mol. The van der Waals surface area contributed by atoms with Gasteiger partial charge < -0.3 is 14.2 Å². The number of carboxylic acid groups (broad SMARTS) is 1. The second-order valence-electron chi connectivity index (χ2n) is 5.76. The molecule has 0 aliphatic carbocycles. The van der Waals surface area contributed by atoms with E-state index in [0.717, 1.165) is 16.8 Å². The van der Waals surface area contributed by atoms with Crippen LogP contribution in [0.5, 0.6) is 0 Å². The van der Waals surface area contributed by atoms with Crippen LogP contribution in [0, 0.1) is 12.7 Å². The van der Waals surface area contributed by atoms with E-state index in [4.69, 9.17) is 4.74 Å². The van der Waals surface area contributed by atoms with E-state index in [2.05, 4.69) is 0 Å². The molecule has 0 amide bonds. The number of rotatable bonds is 5. The van der Waals surface area contributed by atoms with Crippen LogP contribution in [0.4, 0.5) is 4.39 Å². The number of ether oxygens (including phenoxy) is 1. The molecule has 0 bridgehead atoms. The number of nitrogens with zero attached hydrogens (tertiary/aromatic N) is 1. The number of hydrogen-bond acceptors (Lipinski definition) is 2. The molecule has 24 heavy (non-hydrogen) atoms. The SMILES string of the molecule is Cc1c(C(=O)O)cc2cccn2c1C(C)OCc1cccc(F)c1. The van der Waals surface area contributed by atoms with Gasteiger partial charge in [-0.3, -0.25) is 0 Å². The van der Waals surface area contributed by atoms with Crippen LogP contribution < -0.4 is 0 Å². The summed E-state index contributed by atoms with van der Waals surface area (Å²) in [6, 6.07) is 11.6. The normalized spacial score (nSPS) is 12.5. The lowest BCUT2D eigenvalue weighted by molar-refractivity contribution is 0.0482. The fraction of sp³-hybridized carbons (Fsp3) is 0.211. The Morgan fingerprint density at radius 2 is 2.08 bits per heavy atom. The van der Waals surface area contributed by atoms with Crippen LogP contribution in [0.25, 0.3) is 5.52 Å². The van der Waals surface area contributed by atoms with Crippen molar-refractivity contribution in [1.29, 1.82) is 0 Å². The van der Waals surface area contributed by atoms with Crippen LogP contribution in [-0.2, 0) is 11.3 Å². The minimum absolute atomic E-state index is 0.248. The average Bonchev–Trinajstić information content (AvgIpc) is 2.99. The van der Waals surface area contributed by atoms with Crippen molar-refractivity contribution in [2.75, 3.05) is 0 Å². The molecule has 1 aromatic carbocycles. The number of pyridine rings is 1. The highest BCUT2D eigenvalue weighted by molar-refractivity contribution is 5.91. The summed E-state index contributed by atoms with van der Waals surface area (Å²) in [4.78, 5) is 11.5. The lowest BCUT2D eigenvalue weighted by atomic mass is 10.0. The maximum atomic E-state index is 13.3. The molecule has 3 aromatic rings. The van der Waals surface area contributed by atoms with Crippen LogP contribution in [-0.4, -0.2) is 15.5 Å². The second-order valence-corrected chi connectivity index (χ2v) is 5.76. The van der Waals surface area contributed by atoms with Crippen molar-refractivity contribution in [3.63, 3.8) is 0 Å². The third-order valence-corrected chi connectivity index (χ3v) is 4.12. The number of halogens is 1. The summed E-state index contributed by atoms with van der Waals surface area (Å²) in [6.45, 7) is 3.89. The molecule has 1 unspecified atom stereocenters. The molecule has 3 rings (SSSR count). The lowest BCUT2D eigenvalue weighted by Crippen LogP contribution is -2.12. The summed E-state index contributed by atoms with van der Waals surface area (Å²) >= 11 is 0. The molecule has 1 atom stereocenters. The van der Waals surface area contributed by atoms with E-state index < -0.39 is 5.97 Å². The van der Waals surface area contributed by atoms with Gasteiger partial charge in [0.05, 0.1) is 24.0 Å². The molecule has 1 N–H and O–H groups in total. The largest absolute Gasteiger partial charge is 0.478 e. The first-order valence-corrected chi connectivity index (χ1v) is 7.67. The molecule has 0 aliphatic rings. The molecule has 2 aromatic heterocycles. The molecule has 0 radical (unpaired) electrons. The highest BCUT2D eigenvalue weighted by atomic mass is 19.1. The van der Waals surface area contributed by atoms with Crippen molar-refractivity contribution in [1.82, 2.24) is 4.40 Å². The van der Waals surface area contributed by atoms with Gasteiger partial charge in [-0.1, -0.05) is 12.1 Å². The van der Waals surface area contributed by atoms with Gasteiger partial charge in [-0.2, -0.15) is 0 Å². The van der Waals surface area contributed by atoms with Crippen molar-refractivity contribution in [3.05, 3.63) is 76.9 Å². The van der Waals surface area contributed by atoms with Crippen molar-refractivity contribution in [2.45, 2.75) is 26.6 Å². The smallest absolute Gasteiger partial charge is 0.336 e. The highest BCUT2D eigenvalue weighted by Gasteiger charge is 2.19. The number of aromatic nitrogens is 1. The summed E-state index contributed by atoms with van der Waals surface area (Å²) in [5, 5.41) is 9.42. The first-order chi connectivity index (χ1) is 11.5. The molecule has 0 fully saturated rings. The van der Waals surface area contributed by atoms with E-state index in [1.165, 1.54) is 12.1 Å². The van der Waals surface area contributed by atoms with Crippen molar-refractivity contribution in [2.24, 2.45) is 0 Å². The Hall–Kier alpha value is -2.66. The summed E-state index contributed by atoms with van der Waals surface area (Å²) in [6.07, 6.45) is 1.54. The summed E-state index contributed by atoms with van der Waals surface area (Å²) in [5.41, 5.74) is 3.24. The van der Waals surface area contributed by atoms with Crippen LogP contribution in [0.3, 0.4) is 0 Å². The third kappa shape index (κ3) is 3.03. The Balaban J connectivity index is 1.94.